The summed E-state index contributed by atoms with van der Waals surface area (Å²) < 4.78 is 0. The van der Waals surface area contributed by atoms with Crippen molar-refractivity contribution in [1.82, 2.24) is 9.88 Å². The van der Waals surface area contributed by atoms with E-state index in [1.807, 2.05) is 22.6 Å². The lowest BCUT2D eigenvalue weighted by Crippen LogP contribution is -2.35. The largest absolute Gasteiger partial charge is 0.337 e. The molecule has 2 aromatic heterocycles. The fraction of sp³-hybridized carbons (Fsp3) is 0.400. The van der Waals surface area contributed by atoms with Gasteiger partial charge in [0.2, 0.25) is 5.91 Å². The fourth-order valence-electron chi connectivity index (χ4n) is 2.40. The van der Waals surface area contributed by atoms with Crippen molar-refractivity contribution in [2.24, 2.45) is 0 Å². The van der Waals surface area contributed by atoms with E-state index in [4.69, 9.17) is 0 Å². The molecule has 0 fully saturated rings. The minimum absolute atomic E-state index is 0.133. The van der Waals surface area contributed by atoms with E-state index in [9.17, 15) is 9.59 Å². The third kappa shape index (κ3) is 3.20. The number of fused-ring (bicyclic) bond motifs is 1. The second-order valence-corrected chi connectivity index (χ2v) is 7.03. The molecule has 2 aromatic rings. The standard InChI is InChI=1S/C15H17N3O2S2/c1-2-3-13(19)18-6-4-11-12(8-18)22-15(16-11)17-14(20)10-5-7-21-9-10/h5,7,9H,2-4,6,8H2,1H3,(H,16,17,20). The lowest BCUT2D eigenvalue weighted by atomic mass is 10.1. The Bertz CT molecular complexity index is 679. The van der Waals surface area contributed by atoms with Gasteiger partial charge in [-0.15, -0.1) is 0 Å². The van der Waals surface area contributed by atoms with Gasteiger partial charge >= 0.3 is 0 Å². The zero-order chi connectivity index (χ0) is 15.5. The summed E-state index contributed by atoms with van der Waals surface area (Å²) in [4.78, 5) is 31.5. The molecular formula is C15H17N3O2S2. The maximum absolute atomic E-state index is 12.0. The third-order valence-corrected chi connectivity index (χ3v) is 5.23. The Kier molecular flexibility index (Phi) is 4.54. The number of hydrogen-bond donors (Lipinski definition) is 1. The topological polar surface area (TPSA) is 62.3 Å². The van der Waals surface area contributed by atoms with Crippen molar-refractivity contribution >= 4 is 39.6 Å². The molecule has 0 spiro atoms. The summed E-state index contributed by atoms with van der Waals surface area (Å²) in [7, 11) is 0. The van der Waals surface area contributed by atoms with Gasteiger partial charge in [-0.2, -0.15) is 11.3 Å². The highest BCUT2D eigenvalue weighted by molar-refractivity contribution is 7.16. The zero-order valence-corrected chi connectivity index (χ0v) is 13.9. The van der Waals surface area contributed by atoms with Crippen LogP contribution in [0.25, 0.3) is 0 Å². The molecule has 1 aliphatic rings. The fourth-order valence-corrected chi connectivity index (χ4v) is 4.05. The first kappa shape index (κ1) is 15.2. The Balaban J connectivity index is 1.68. The van der Waals surface area contributed by atoms with Crippen LogP contribution in [0.2, 0.25) is 0 Å². The summed E-state index contributed by atoms with van der Waals surface area (Å²) in [6.07, 6.45) is 2.22. The second-order valence-electron chi connectivity index (χ2n) is 5.17. The number of nitrogens with zero attached hydrogens (tertiary/aromatic N) is 2. The molecule has 0 saturated carbocycles. The Morgan fingerprint density at radius 3 is 3.05 bits per heavy atom. The summed E-state index contributed by atoms with van der Waals surface area (Å²) in [6.45, 7) is 3.34. The van der Waals surface area contributed by atoms with Crippen molar-refractivity contribution in [3.63, 3.8) is 0 Å². The number of thiophene rings is 1. The van der Waals surface area contributed by atoms with Crippen molar-refractivity contribution in [3.8, 4) is 0 Å². The minimum Gasteiger partial charge on any atom is -0.337 e. The maximum atomic E-state index is 12.0. The number of anilines is 1. The number of amides is 2. The van der Waals surface area contributed by atoms with Crippen molar-refractivity contribution < 1.29 is 9.59 Å². The van der Waals surface area contributed by atoms with Crippen molar-refractivity contribution in [1.29, 1.82) is 0 Å². The van der Waals surface area contributed by atoms with Crippen LogP contribution in [-0.4, -0.2) is 28.2 Å². The first-order chi connectivity index (χ1) is 10.7. The van der Waals surface area contributed by atoms with E-state index >= 15 is 0 Å². The molecule has 2 amide bonds. The monoisotopic (exact) mass is 335 g/mol. The van der Waals surface area contributed by atoms with Gasteiger partial charge in [0.1, 0.15) is 0 Å². The van der Waals surface area contributed by atoms with Crippen LogP contribution in [0.1, 0.15) is 40.7 Å². The molecule has 0 aliphatic carbocycles. The van der Waals surface area contributed by atoms with Crippen LogP contribution < -0.4 is 5.32 Å². The van der Waals surface area contributed by atoms with Gasteiger partial charge in [-0.25, -0.2) is 4.98 Å². The van der Waals surface area contributed by atoms with Crippen LogP contribution in [0, 0.1) is 0 Å². The SMILES string of the molecule is CCCC(=O)N1CCc2nc(NC(=O)c3ccsc3)sc2C1. The van der Waals surface area contributed by atoms with E-state index in [1.165, 1.54) is 22.7 Å². The average Bonchev–Trinajstić information content (AvgIpc) is 3.15. The molecule has 0 atom stereocenters. The molecule has 3 heterocycles. The molecule has 116 valence electrons. The highest BCUT2D eigenvalue weighted by atomic mass is 32.1. The van der Waals surface area contributed by atoms with E-state index in [1.54, 1.807) is 6.07 Å². The van der Waals surface area contributed by atoms with Crippen LogP contribution in [0.15, 0.2) is 16.8 Å². The Hall–Kier alpha value is -1.73. The van der Waals surface area contributed by atoms with Crippen LogP contribution in [0.4, 0.5) is 5.13 Å². The molecule has 1 N–H and O–H groups in total. The number of carbonyl (C=O) groups is 2. The van der Waals surface area contributed by atoms with E-state index in [-0.39, 0.29) is 11.8 Å². The highest BCUT2D eigenvalue weighted by Crippen LogP contribution is 2.29. The van der Waals surface area contributed by atoms with Crippen molar-refractivity contribution in [2.75, 3.05) is 11.9 Å². The Morgan fingerprint density at radius 1 is 1.45 bits per heavy atom. The van der Waals surface area contributed by atoms with E-state index < -0.39 is 0 Å². The minimum atomic E-state index is -0.133. The van der Waals surface area contributed by atoms with Crippen LogP contribution in [0.5, 0.6) is 0 Å². The van der Waals surface area contributed by atoms with Crippen LogP contribution in [-0.2, 0) is 17.8 Å². The van der Waals surface area contributed by atoms with Gasteiger partial charge < -0.3 is 4.90 Å². The number of nitrogens with one attached hydrogen (secondary N) is 1. The molecule has 0 unspecified atom stereocenters. The van der Waals surface area contributed by atoms with Gasteiger partial charge in [-0.1, -0.05) is 18.3 Å². The van der Waals surface area contributed by atoms with Gasteiger partial charge in [-0.05, 0) is 17.9 Å². The summed E-state index contributed by atoms with van der Waals surface area (Å²) in [6, 6.07) is 1.79. The number of thiazole rings is 1. The number of aromatic nitrogens is 1. The molecule has 0 aromatic carbocycles. The van der Waals surface area contributed by atoms with Crippen LogP contribution >= 0.6 is 22.7 Å². The lowest BCUT2D eigenvalue weighted by Gasteiger charge is -2.25. The summed E-state index contributed by atoms with van der Waals surface area (Å²) >= 11 is 2.96. The van der Waals surface area contributed by atoms with E-state index in [0.717, 1.165) is 23.4 Å². The second kappa shape index (κ2) is 6.58. The normalized spacial score (nSPS) is 13.8. The first-order valence-electron chi connectivity index (χ1n) is 7.27. The van der Waals surface area contributed by atoms with Gasteiger partial charge in [0.15, 0.2) is 5.13 Å². The molecule has 0 saturated heterocycles. The molecule has 5 nitrogen and oxygen atoms in total. The van der Waals surface area contributed by atoms with Gasteiger partial charge in [0.25, 0.3) is 5.91 Å². The molecule has 3 rings (SSSR count). The van der Waals surface area contributed by atoms with Gasteiger partial charge in [0, 0.05) is 29.6 Å². The third-order valence-electron chi connectivity index (χ3n) is 3.55. The summed E-state index contributed by atoms with van der Waals surface area (Å²) in [5, 5.41) is 7.15. The Morgan fingerprint density at radius 2 is 2.32 bits per heavy atom. The highest BCUT2D eigenvalue weighted by Gasteiger charge is 2.24. The number of rotatable bonds is 4. The molecular weight excluding hydrogens is 318 g/mol. The first-order valence-corrected chi connectivity index (χ1v) is 9.03. The molecule has 1 aliphatic heterocycles. The summed E-state index contributed by atoms with van der Waals surface area (Å²) in [5.41, 5.74) is 1.66. The lowest BCUT2D eigenvalue weighted by molar-refractivity contribution is -0.132. The maximum Gasteiger partial charge on any atom is 0.258 e. The average molecular weight is 335 g/mol. The number of carbonyl (C=O) groups excluding carboxylic acids is 2. The molecule has 0 radical (unpaired) electrons. The van der Waals surface area contributed by atoms with Crippen molar-refractivity contribution in [2.45, 2.75) is 32.7 Å². The zero-order valence-electron chi connectivity index (χ0n) is 12.3. The molecule has 7 heteroatoms. The van der Waals surface area contributed by atoms with E-state index in [0.29, 0.717) is 30.2 Å². The number of hydrogen-bond acceptors (Lipinski definition) is 5. The Labute approximate surface area is 137 Å². The molecule has 22 heavy (non-hydrogen) atoms. The van der Waals surface area contributed by atoms with Gasteiger partial charge in [0.05, 0.1) is 17.8 Å². The van der Waals surface area contributed by atoms with Gasteiger partial charge in [-0.3, -0.25) is 14.9 Å². The summed E-state index contributed by atoms with van der Waals surface area (Å²) in [5.74, 6) is 0.0664. The molecule has 0 bridgehead atoms. The predicted octanol–water partition coefficient (Wildman–Crippen LogP) is 3.14. The predicted molar refractivity (Wildman–Crippen MR) is 88.4 cm³/mol. The van der Waals surface area contributed by atoms with E-state index in [2.05, 4.69) is 10.3 Å². The smallest absolute Gasteiger partial charge is 0.258 e. The quantitative estimate of drug-likeness (QED) is 0.933. The van der Waals surface area contributed by atoms with Crippen molar-refractivity contribution in [3.05, 3.63) is 33.0 Å². The van der Waals surface area contributed by atoms with Crippen LogP contribution in [0.3, 0.4) is 0 Å².